The highest BCUT2D eigenvalue weighted by atomic mass is 19.3. The molecule has 0 radical (unpaired) electrons. The van der Waals surface area contributed by atoms with E-state index in [4.69, 9.17) is 4.74 Å². The molecule has 1 aromatic heterocycles. The molecule has 1 aliphatic carbocycles. The highest BCUT2D eigenvalue weighted by molar-refractivity contribution is 6.03. The molecule has 34 heavy (non-hydrogen) atoms. The number of aryl methyl sites for hydroxylation is 1. The number of aromatic carboxylic acids is 1. The van der Waals surface area contributed by atoms with Crippen molar-refractivity contribution in [3.05, 3.63) is 46.9 Å². The molecular formula is C25H29F3N2O4. The predicted octanol–water partition coefficient (Wildman–Crippen LogP) is 6.52. The summed E-state index contributed by atoms with van der Waals surface area (Å²) in [5.74, 6) is -3.47. The molecular weight excluding hydrogens is 449 g/mol. The van der Waals surface area contributed by atoms with Gasteiger partial charge in [-0.05, 0) is 64.0 Å². The average Bonchev–Trinajstić information content (AvgIpc) is 2.75. The summed E-state index contributed by atoms with van der Waals surface area (Å²) >= 11 is 0. The van der Waals surface area contributed by atoms with Gasteiger partial charge in [-0.3, -0.25) is 4.79 Å². The van der Waals surface area contributed by atoms with Gasteiger partial charge < -0.3 is 14.7 Å². The van der Waals surface area contributed by atoms with E-state index in [1.165, 1.54) is 24.1 Å². The van der Waals surface area contributed by atoms with Gasteiger partial charge in [0, 0.05) is 30.3 Å². The number of carboxylic acids is 1. The number of ether oxygens (including phenoxy) is 1. The normalized spacial score (nSPS) is 18.3. The van der Waals surface area contributed by atoms with Gasteiger partial charge in [-0.25, -0.2) is 22.9 Å². The number of rotatable bonds is 7. The molecule has 1 fully saturated rings. The lowest BCUT2D eigenvalue weighted by atomic mass is 9.82. The first kappa shape index (κ1) is 25.5. The lowest BCUT2D eigenvalue weighted by Crippen LogP contribution is -2.43. The molecule has 3 rings (SSSR count). The Bertz CT molecular complexity index is 1070. The van der Waals surface area contributed by atoms with Crippen LogP contribution in [0.25, 0.3) is 0 Å². The maximum atomic E-state index is 15.1. The molecule has 9 heteroatoms. The van der Waals surface area contributed by atoms with Crippen LogP contribution in [-0.4, -0.2) is 28.0 Å². The molecule has 1 aliphatic rings. The minimum atomic E-state index is -2.92. The smallest absolute Gasteiger partial charge is 0.337 e. The number of amides is 1. The second-order valence-corrected chi connectivity index (χ2v) is 9.11. The van der Waals surface area contributed by atoms with Crippen molar-refractivity contribution in [2.45, 2.75) is 65.8 Å². The summed E-state index contributed by atoms with van der Waals surface area (Å²) < 4.78 is 47.4. The maximum Gasteiger partial charge on any atom is 0.337 e. The first-order valence-corrected chi connectivity index (χ1v) is 11.3. The third-order valence-corrected chi connectivity index (χ3v) is 6.26. The summed E-state index contributed by atoms with van der Waals surface area (Å²) in [6, 6.07) is 2.77. The van der Waals surface area contributed by atoms with Crippen LogP contribution in [0.3, 0.4) is 0 Å². The van der Waals surface area contributed by atoms with Crippen LogP contribution in [0.2, 0.25) is 0 Å². The van der Waals surface area contributed by atoms with Gasteiger partial charge in [-0.15, -0.1) is 0 Å². The van der Waals surface area contributed by atoms with E-state index >= 15 is 4.39 Å². The quantitative estimate of drug-likeness (QED) is 0.490. The molecule has 1 amide bonds. The molecule has 1 aromatic carbocycles. The van der Waals surface area contributed by atoms with Crippen molar-refractivity contribution in [2.24, 2.45) is 11.8 Å². The molecule has 184 valence electrons. The van der Waals surface area contributed by atoms with E-state index in [-0.39, 0.29) is 28.6 Å². The second kappa shape index (κ2) is 10.4. The van der Waals surface area contributed by atoms with Gasteiger partial charge in [0.2, 0.25) is 11.8 Å². The lowest BCUT2D eigenvalue weighted by molar-refractivity contribution is -0.123. The summed E-state index contributed by atoms with van der Waals surface area (Å²) in [4.78, 5) is 30.5. The largest absolute Gasteiger partial charge is 0.478 e. The minimum Gasteiger partial charge on any atom is -0.478 e. The zero-order valence-electron chi connectivity index (χ0n) is 19.6. The predicted molar refractivity (Wildman–Crippen MR) is 121 cm³/mol. The van der Waals surface area contributed by atoms with Gasteiger partial charge >= 0.3 is 5.97 Å². The molecule has 0 spiro atoms. The first-order chi connectivity index (χ1) is 16.0. The fraction of sp³-hybridized carbons (Fsp3) is 0.480. The Morgan fingerprint density at radius 2 is 1.82 bits per heavy atom. The third kappa shape index (κ3) is 5.34. The van der Waals surface area contributed by atoms with Crippen LogP contribution in [0, 0.1) is 24.6 Å². The van der Waals surface area contributed by atoms with Gasteiger partial charge in [0.1, 0.15) is 0 Å². The number of pyridine rings is 1. The second-order valence-electron chi connectivity index (χ2n) is 9.11. The average molecular weight is 479 g/mol. The number of benzene rings is 1. The van der Waals surface area contributed by atoms with Gasteiger partial charge in [-0.1, -0.05) is 6.92 Å². The van der Waals surface area contributed by atoms with E-state index in [0.29, 0.717) is 18.8 Å². The van der Waals surface area contributed by atoms with Crippen molar-refractivity contribution in [1.29, 1.82) is 0 Å². The Labute approximate surface area is 196 Å². The van der Waals surface area contributed by atoms with Crippen LogP contribution in [0.5, 0.6) is 11.6 Å². The van der Waals surface area contributed by atoms with E-state index in [9.17, 15) is 23.5 Å². The number of halogens is 3. The lowest BCUT2D eigenvalue weighted by Gasteiger charge is -2.34. The summed E-state index contributed by atoms with van der Waals surface area (Å²) in [5.41, 5.74) is -0.765. The monoisotopic (exact) mass is 478 g/mol. The summed E-state index contributed by atoms with van der Waals surface area (Å²) in [7, 11) is 0. The molecule has 0 atom stereocenters. The van der Waals surface area contributed by atoms with Crippen LogP contribution in [0.1, 0.15) is 74.4 Å². The number of hydrogen-bond donors (Lipinski definition) is 1. The van der Waals surface area contributed by atoms with Crippen LogP contribution < -0.4 is 9.64 Å². The number of hydrogen-bond acceptors (Lipinski definition) is 4. The van der Waals surface area contributed by atoms with Crippen LogP contribution in [0.4, 0.5) is 18.9 Å². The summed E-state index contributed by atoms with van der Waals surface area (Å²) in [6.07, 6.45) is 1.48. The van der Waals surface area contributed by atoms with Gasteiger partial charge in [0.25, 0.3) is 6.43 Å². The molecule has 1 saturated carbocycles. The summed E-state index contributed by atoms with van der Waals surface area (Å²) in [6.45, 7) is 7.02. The Balaban J connectivity index is 2.03. The number of nitrogens with zero attached hydrogens (tertiary/aromatic N) is 2. The fourth-order valence-corrected chi connectivity index (χ4v) is 4.34. The molecule has 1 N–H and O–H groups in total. The van der Waals surface area contributed by atoms with Crippen LogP contribution >= 0.6 is 0 Å². The summed E-state index contributed by atoms with van der Waals surface area (Å²) in [5, 5.41) is 9.84. The number of carbonyl (C=O) groups is 2. The number of carboxylic acid groups (broad SMARTS) is 1. The number of carbonyl (C=O) groups excluding carboxylic acids is 1. The number of alkyl halides is 2. The van der Waals surface area contributed by atoms with Crippen molar-refractivity contribution < 1.29 is 32.6 Å². The highest BCUT2D eigenvalue weighted by Gasteiger charge is 2.33. The highest BCUT2D eigenvalue weighted by Crippen LogP contribution is 2.38. The van der Waals surface area contributed by atoms with Gasteiger partial charge in [0.15, 0.2) is 11.6 Å². The van der Waals surface area contributed by atoms with Crippen molar-refractivity contribution in [3.63, 3.8) is 0 Å². The van der Waals surface area contributed by atoms with Crippen molar-refractivity contribution >= 4 is 17.6 Å². The molecule has 0 unspecified atom stereocenters. The Morgan fingerprint density at radius 3 is 2.38 bits per heavy atom. The molecule has 1 heterocycles. The number of anilines is 1. The Hall–Kier alpha value is -3.10. The Kier molecular flexibility index (Phi) is 7.84. The fourth-order valence-electron chi connectivity index (χ4n) is 4.34. The third-order valence-electron chi connectivity index (χ3n) is 6.26. The molecule has 0 saturated heterocycles. The van der Waals surface area contributed by atoms with Gasteiger partial charge in [0.05, 0.1) is 16.8 Å². The first-order valence-electron chi connectivity index (χ1n) is 11.3. The Morgan fingerprint density at radius 1 is 1.18 bits per heavy atom. The SMILES string of the molecule is Cc1ccnc(Oc2cc(C(=O)O)c(N(C(=O)[C@H]3CC[C@H](C)CC3)C(C)C)cc2F)c1C(F)F. The number of aromatic nitrogens is 1. The minimum absolute atomic E-state index is 0.0951. The van der Waals surface area contributed by atoms with Crippen LogP contribution in [-0.2, 0) is 4.79 Å². The van der Waals surface area contributed by atoms with E-state index in [1.807, 2.05) is 0 Å². The molecule has 6 nitrogen and oxygen atoms in total. The van der Waals surface area contributed by atoms with Gasteiger partial charge in [-0.2, -0.15) is 0 Å². The molecule has 0 aliphatic heterocycles. The van der Waals surface area contributed by atoms with E-state index in [2.05, 4.69) is 11.9 Å². The van der Waals surface area contributed by atoms with E-state index in [0.717, 1.165) is 25.0 Å². The van der Waals surface area contributed by atoms with E-state index < -0.39 is 41.4 Å². The standard InChI is InChI=1S/C25H29F3N2O4/c1-13(2)30(24(31)16-7-5-14(3)6-8-16)19-12-18(26)20(11-17(19)25(32)33)34-23-21(22(27)28)15(4)9-10-29-23/h9-14,16,22H,5-8H2,1-4H3,(H,32,33)/t14-,16-. The zero-order chi connectivity index (χ0) is 25.2. The van der Waals surface area contributed by atoms with Crippen molar-refractivity contribution in [2.75, 3.05) is 4.90 Å². The maximum absolute atomic E-state index is 15.1. The molecule has 2 aromatic rings. The van der Waals surface area contributed by atoms with Crippen LogP contribution in [0.15, 0.2) is 24.4 Å². The molecule has 0 bridgehead atoms. The van der Waals surface area contributed by atoms with Crippen molar-refractivity contribution in [3.8, 4) is 11.6 Å². The van der Waals surface area contributed by atoms with Crippen molar-refractivity contribution in [1.82, 2.24) is 4.98 Å². The topological polar surface area (TPSA) is 79.7 Å². The zero-order valence-corrected chi connectivity index (χ0v) is 19.6. The van der Waals surface area contributed by atoms with E-state index in [1.54, 1.807) is 13.8 Å².